The Bertz CT molecular complexity index is 1070. The van der Waals surface area contributed by atoms with E-state index in [1.807, 2.05) is 55.5 Å². The molecule has 28 heavy (non-hydrogen) atoms. The third-order valence-corrected chi connectivity index (χ3v) is 3.95. The summed E-state index contributed by atoms with van der Waals surface area (Å²) in [6.07, 6.45) is 1.44. The largest absolute Gasteiger partial charge is 0.459 e. The summed E-state index contributed by atoms with van der Waals surface area (Å²) < 4.78 is 16.1. The van der Waals surface area contributed by atoms with Gasteiger partial charge in [0.25, 0.3) is 5.91 Å². The molecule has 2 heterocycles. The number of hydrogen-bond donors (Lipinski definition) is 1. The molecule has 0 spiro atoms. The Labute approximate surface area is 161 Å². The van der Waals surface area contributed by atoms with Gasteiger partial charge in [-0.3, -0.25) is 4.79 Å². The number of furan rings is 1. The molecule has 2 aromatic heterocycles. The number of carbonyl (C=O) groups excluding carboxylic acids is 1. The van der Waals surface area contributed by atoms with Crippen LogP contribution in [-0.4, -0.2) is 16.0 Å². The van der Waals surface area contributed by atoms with Crippen molar-refractivity contribution in [3.8, 4) is 22.9 Å². The molecule has 4 aromatic rings. The molecule has 0 fully saturated rings. The summed E-state index contributed by atoms with van der Waals surface area (Å²) in [5.41, 5.74) is 1.91. The lowest BCUT2D eigenvalue weighted by Crippen LogP contribution is -2.22. The third kappa shape index (κ3) is 4.09. The van der Waals surface area contributed by atoms with Crippen LogP contribution in [0.5, 0.6) is 11.5 Å². The van der Waals surface area contributed by atoms with Gasteiger partial charge < -0.3 is 19.0 Å². The minimum Gasteiger partial charge on any atom is -0.459 e. The molecule has 0 aliphatic rings. The number of hydrogen-bond acceptors (Lipinski definition) is 6. The molecule has 1 amide bonds. The fourth-order valence-electron chi connectivity index (χ4n) is 2.58. The molecule has 4 rings (SSSR count). The van der Waals surface area contributed by atoms with Gasteiger partial charge in [-0.25, -0.2) is 0 Å². The molecule has 0 aliphatic heterocycles. The summed E-state index contributed by atoms with van der Waals surface area (Å²) >= 11 is 0. The van der Waals surface area contributed by atoms with Gasteiger partial charge in [0.05, 0.1) is 12.8 Å². The summed E-state index contributed by atoms with van der Waals surface area (Å²) in [4.78, 5) is 16.2. The lowest BCUT2D eigenvalue weighted by atomic mass is 10.2. The average molecular weight is 375 g/mol. The molecule has 0 aliphatic carbocycles. The molecule has 0 saturated heterocycles. The first-order valence-electron chi connectivity index (χ1n) is 8.66. The monoisotopic (exact) mass is 375 g/mol. The van der Waals surface area contributed by atoms with Crippen LogP contribution in [0.1, 0.15) is 22.0 Å². The Morgan fingerprint density at radius 2 is 1.93 bits per heavy atom. The predicted molar refractivity (Wildman–Crippen MR) is 101 cm³/mol. The summed E-state index contributed by atoms with van der Waals surface area (Å²) in [5, 5.41) is 6.61. The zero-order valence-electron chi connectivity index (χ0n) is 15.1. The van der Waals surface area contributed by atoms with Crippen molar-refractivity contribution in [1.29, 1.82) is 0 Å². The smallest absolute Gasteiger partial charge is 0.287 e. The lowest BCUT2D eigenvalue weighted by molar-refractivity contribution is 0.0918. The summed E-state index contributed by atoms with van der Waals surface area (Å²) in [6, 6.07) is 18.4. The highest BCUT2D eigenvalue weighted by atomic mass is 16.5. The van der Waals surface area contributed by atoms with Crippen molar-refractivity contribution in [1.82, 2.24) is 15.5 Å². The Balaban J connectivity index is 1.39. The van der Waals surface area contributed by atoms with Crippen LogP contribution in [0.25, 0.3) is 11.4 Å². The van der Waals surface area contributed by atoms with Gasteiger partial charge in [-0.05, 0) is 61.0 Å². The molecule has 0 radical (unpaired) electrons. The number of ether oxygens (including phenoxy) is 1. The number of benzene rings is 2. The zero-order valence-corrected chi connectivity index (χ0v) is 15.1. The fourth-order valence-corrected chi connectivity index (χ4v) is 2.58. The summed E-state index contributed by atoms with van der Waals surface area (Å²) in [6.45, 7) is 2.13. The van der Waals surface area contributed by atoms with Crippen molar-refractivity contribution >= 4 is 5.91 Å². The average Bonchev–Trinajstić information content (AvgIpc) is 3.39. The Morgan fingerprint density at radius 3 is 2.68 bits per heavy atom. The van der Waals surface area contributed by atoms with E-state index in [-0.39, 0.29) is 18.2 Å². The Morgan fingerprint density at radius 1 is 1.07 bits per heavy atom. The van der Waals surface area contributed by atoms with E-state index in [9.17, 15) is 4.79 Å². The van der Waals surface area contributed by atoms with Gasteiger partial charge in [-0.15, -0.1) is 0 Å². The Hall–Kier alpha value is -3.87. The molecule has 7 heteroatoms. The topological polar surface area (TPSA) is 90.4 Å². The molecule has 0 atom stereocenters. The van der Waals surface area contributed by atoms with Crippen molar-refractivity contribution in [2.45, 2.75) is 13.5 Å². The fraction of sp³-hybridized carbons (Fsp3) is 0.0952. The molecule has 0 saturated carbocycles. The van der Waals surface area contributed by atoms with Crippen molar-refractivity contribution in [3.63, 3.8) is 0 Å². The van der Waals surface area contributed by atoms with Crippen LogP contribution >= 0.6 is 0 Å². The number of carbonyl (C=O) groups is 1. The zero-order chi connectivity index (χ0) is 19.3. The van der Waals surface area contributed by atoms with Crippen LogP contribution in [0.15, 0.2) is 75.9 Å². The van der Waals surface area contributed by atoms with E-state index in [0.717, 1.165) is 16.9 Å². The summed E-state index contributed by atoms with van der Waals surface area (Å²) in [7, 11) is 0. The van der Waals surface area contributed by atoms with E-state index in [1.54, 1.807) is 12.1 Å². The number of nitrogens with zero attached hydrogens (tertiary/aromatic N) is 2. The lowest BCUT2D eigenvalue weighted by Gasteiger charge is -2.06. The second-order valence-electron chi connectivity index (χ2n) is 6.11. The highest BCUT2D eigenvalue weighted by Gasteiger charge is 2.12. The predicted octanol–water partition coefficient (Wildman–Crippen LogP) is 4.36. The normalized spacial score (nSPS) is 10.6. The highest BCUT2D eigenvalue weighted by molar-refractivity contribution is 5.91. The van der Waals surface area contributed by atoms with Gasteiger partial charge in [0.1, 0.15) is 11.5 Å². The van der Waals surface area contributed by atoms with Gasteiger partial charge in [0, 0.05) is 5.56 Å². The first-order chi connectivity index (χ1) is 13.7. The van der Waals surface area contributed by atoms with E-state index in [1.165, 1.54) is 6.26 Å². The maximum Gasteiger partial charge on any atom is 0.287 e. The van der Waals surface area contributed by atoms with E-state index in [0.29, 0.717) is 17.5 Å². The molecule has 1 N–H and O–H groups in total. The molecule has 7 nitrogen and oxygen atoms in total. The van der Waals surface area contributed by atoms with Gasteiger partial charge in [-0.1, -0.05) is 17.3 Å². The van der Waals surface area contributed by atoms with Crippen LogP contribution in [-0.2, 0) is 6.54 Å². The van der Waals surface area contributed by atoms with Crippen LogP contribution in [0, 0.1) is 6.92 Å². The van der Waals surface area contributed by atoms with Gasteiger partial charge in [0.2, 0.25) is 11.7 Å². The molecular formula is C21H17N3O4. The number of aromatic nitrogens is 2. The van der Waals surface area contributed by atoms with Gasteiger partial charge >= 0.3 is 0 Å². The molecular weight excluding hydrogens is 358 g/mol. The number of amides is 1. The van der Waals surface area contributed by atoms with Crippen LogP contribution < -0.4 is 10.1 Å². The molecule has 0 unspecified atom stereocenters. The number of rotatable bonds is 6. The van der Waals surface area contributed by atoms with Crippen LogP contribution in [0.3, 0.4) is 0 Å². The number of aryl methyl sites for hydroxylation is 1. The molecule has 0 bridgehead atoms. The quantitative estimate of drug-likeness (QED) is 0.538. The second-order valence-corrected chi connectivity index (χ2v) is 6.11. The van der Waals surface area contributed by atoms with Crippen molar-refractivity contribution in [2.75, 3.05) is 0 Å². The standard InChI is InChI=1S/C21H17N3O4/c1-14-4-2-5-17(12-14)27-16-9-7-15(8-10-16)20-23-19(28-24-20)13-22-21(25)18-6-3-11-26-18/h2-12H,13H2,1H3,(H,22,25). The SMILES string of the molecule is Cc1cccc(Oc2ccc(-c3noc(CNC(=O)c4ccco4)n3)cc2)c1. The van der Waals surface area contributed by atoms with Gasteiger partial charge in [0.15, 0.2) is 5.76 Å². The molecule has 2 aromatic carbocycles. The maximum atomic E-state index is 11.9. The van der Waals surface area contributed by atoms with E-state index >= 15 is 0 Å². The first-order valence-corrected chi connectivity index (χ1v) is 8.66. The maximum absolute atomic E-state index is 11.9. The second kappa shape index (κ2) is 7.79. The van der Waals surface area contributed by atoms with Crippen molar-refractivity contribution < 1.29 is 18.5 Å². The minimum absolute atomic E-state index is 0.112. The van der Waals surface area contributed by atoms with E-state index in [4.69, 9.17) is 13.7 Å². The van der Waals surface area contributed by atoms with Crippen molar-refractivity contribution in [3.05, 3.63) is 84.1 Å². The molecule has 140 valence electrons. The third-order valence-electron chi connectivity index (χ3n) is 3.95. The van der Waals surface area contributed by atoms with Crippen molar-refractivity contribution in [2.24, 2.45) is 0 Å². The van der Waals surface area contributed by atoms with Crippen LogP contribution in [0.2, 0.25) is 0 Å². The first kappa shape index (κ1) is 17.5. The van der Waals surface area contributed by atoms with Gasteiger partial charge in [-0.2, -0.15) is 4.98 Å². The van der Waals surface area contributed by atoms with Crippen LogP contribution in [0.4, 0.5) is 0 Å². The van der Waals surface area contributed by atoms with E-state index < -0.39 is 0 Å². The highest BCUT2D eigenvalue weighted by Crippen LogP contribution is 2.25. The Kier molecular flexibility index (Phi) is 4.88. The van der Waals surface area contributed by atoms with E-state index in [2.05, 4.69) is 15.5 Å². The minimum atomic E-state index is -0.345. The summed E-state index contributed by atoms with van der Waals surface area (Å²) in [5.74, 6) is 2.11. The number of nitrogens with one attached hydrogen (secondary N) is 1.